The average molecular weight is 672 g/mol. The molecule has 4 aliphatic rings. The van der Waals surface area contributed by atoms with Crippen molar-refractivity contribution in [3.8, 4) is 0 Å². The lowest BCUT2D eigenvalue weighted by Crippen LogP contribution is -2.51. The molecule has 0 saturated heterocycles. The zero-order valence-corrected chi connectivity index (χ0v) is 33.3. The van der Waals surface area contributed by atoms with Crippen LogP contribution in [0.3, 0.4) is 0 Å². The number of nitrogens with zero attached hydrogens (tertiary/aromatic N) is 1. The minimum absolute atomic E-state index is 0.354. The largest absolute Gasteiger partial charge is 0.380 e. The van der Waals surface area contributed by atoms with Crippen LogP contribution in [0.15, 0.2) is 11.6 Å². The molecule has 48 heavy (non-hydrogen) atoms. The van der Waals surface area contributed by atoms with E-state index in [9.17, 15) is 0 Å². The highest BCUT2D eigenvalue weighted by Crippen LogP contribution is 2.67. The van der Waals surface area contributed by atoms with Gasteiger partial charge in [-0.05, 0) is 131 Å². The van der Waals surface area contributed by atoms with Gasteiger partial charge < -0.3 is 19.1 Å². The van der Waals surface area contributed by atoms with E-state index in [1.807, 2.05) is 0 Å². The second-order valence-electron chi connectivity index (χ2n) is 18.3. The van der Waals surface area contributed by atoms with Crippen LogP contribution in [0, 0.1) is 46.3 Å². The minimum atomic E-state index is 0.354. The monoisotopic (exact) mass is 672 g/mol. The molecule has 0 aromatic rings. The molecule has 0 spiro atoms. The van der Waals surface area contributed by atoms with Gasteiger partial charge in [-0.2, -0.15) is 0 Å². The van der Waals surface area contributed by atoms with Crippen molar-refractivity contribution in [2.24, 2.45) is 46.3 Å². The summed E-state index contributed by atoms with van der Waals surface area (Å²) in [4.78, 5) is 2.23. The Hall–Kier alpha value is -0.420. The van der Waals surface area contributed by atoms with Crippen molar-refractivity contribution in [2.45, 2.75) is 176 Å². The molecule has 4 heteroatoms. The maximum absolute atomic E-state index is 6.55. The molecule has 0 radical (unpaired) electrons. The van der Waals surface area contributed by atoms with E-state index in [2.05, 4.69) is 66.6 Å². The van der Waals surface area contributed by atoms with E-state index in [0.717, 1.165) is 75.0 Å². The van der Waals surface area contributed by atoms with Crippen LogP contribution in [0.2, 0.25) is 0 Å². The second kappa shape index (κ2) is 20.0. The van der Waals surface area contributed by atoms with Crippen molar-refractivity contribution in [2.75, 3.05) is 47.1 Å². The molecule has 4 nitrogen and oxygen atoms in total. The van der Waals surface area contributed by atoms with Crippen molar-refractivity contribution in [1.29, 1.82) is 0 Å². The maximum Gasteiger partial charge on any atom is 0.0644 e. The fourth-order valence-electron chi connectivity index (χ4n) is 11.1. The highest BCUT2D eigenvalue weighted by atomic mass is 16.5. The van der Waals surface area contributed by atoms with Gasteiger partial charge in [0, 0.05) is 19.8 Å². The fourth-order valence-corrected chi connectivity index (χ4v) is 11.1. The molecule has 0 aromatic heterocycles. The Kier molecular flexibility index (Phi) is 16.8. The highest BCUT2D eigenvalue weighted by Gasteiger charge is 2.59. The Morgan fingerprint density at radius 3 is 2.15 bits per heavy atom. The zero-order chi connectivity index (χ0) is 34.6. The molecular formula is C44H81NO3. The fraction of sp³-hybridized carbons (Fsp3) is 0.955. The number of fused-ring (bicyclic) bond motifs is 5. The minimum Gasteiger partial charge on any atom is -0.380 e. The maximum atomic E-state index is 6.55. The van der Waals surface area contributed by atoms with E-state index in [0.29, 0.717) is 23.0 Å². The summed E-state index contributed by atoms with van der Waals surface area (Å²) >= 11 is 0. The third-order valence-corrected chi connectivity index (χ3v) is 14.3. The molecule has 9 atom stereocenters. The van der Waals surface area contributed by atoms with E-state index >= 15 is 0 Å². The average Bonchev–Trinajstić information content (AvgIpc) is 3.41. The van der Waals surface area contributed by atoms with E-state index < -0.39 is 0 Å². The van der Waals surface area contributed by atoms with Gasteiger partial charge in [-0.3, -0.25) is 0 Å². The van der Waals surface area contributed by atoms with Crippen LogP contribution in [0.4, 0.5) is 0 Å². The lowest BCUT2D eigenvalue weighted by molar-refractivity contribution is -0.0641. The molecule has 4 rings (SSSR count). The van der Waals surface area contributed by atoms with E-state index in [-0.39, 0.29) is 0 Å². The van der Waals surface area contributed by atoms with Crippen LogP contribution in [-0.4, -0.2) is 64.2 Å². The molecule has 3 fully saturated rings. The van der Waals surface area contributed by atoms with Gasteiger partial charge in [-0.1, -0.05) is 105 Å². The van der Waals surface area contributed by atoms with Crippen LogP contribution in [0.25, 0.3) is 0 Å². The first-order valence-electron chi connectivity index (χ1n) is 21.2. The van der Waals surface area contributed by atoms with Crippen molar-refractivity contribution in [3.05, 3.63) is 11.6 Å². The summed E-state index contributed by atoms with van der Waals surface area (Å²) in [6.07, 6.45) is 28.6. The molecule has 3 saturated carbocycles. The second-order valence-corrected chi connectivity index (χ2v) is 18.3. The van der Waals surface area contributed by atoms with Crippen LogP contribution in [0.1, 0.15) is 164 Å². The molecule has 0 aromatic carbocycles. The van der Waals surface area contributed by atoms with Gasteiger partial charge in [-0.25, -0.2) is 0 Å². The predicted molar refractivity (Wildman–Crippen MR) is 205 cm³/mol. The molecule has 280 valence electrons. The summed E-state index contributed by atoms with van der Waals surface area (Å²) < 4.78 is 18.4. The van der Waals surface area contributed by atoms with Crippen molar-refractivity contribution in [3.63, 3.8) is 0 Å². The first-order chi connectivity index (χ1) is 23.1. The highest BCUT2D eigenvalue weighted by molar-refractivity contribution is 5.25. The Bertz CT molecular complexity index is 932. The SMILES string of the molecule is CCCCOCC(COCCCCCCCCOC1CCC2(C)C(=CCC3C2CCC2(C)C(C(C)CCCC(C)C)CCC32)C1)N(C)C. The zero-order valence-electron chi connectivity index (χ0n) is 33.3. The number of hydrogen-bond donors (Lipinski definition) is 0. The van der Waals surface area contributed by atoms with Gasteiger partial charge in [0.2, 0.25) is 0 Å². The third kappa shape index (κ3) is 10.8. The normalized spacial score (nSPS) is 33.0. The number of rotatable bonds is 23. The van der Waals surface area contributed by atoms with E-state index in [4.69, 9.17) is 14.2 Å². The number of likely N-dealkylation sites (N-methyl/N-ethyl adjacent to an activating group) is 1. The standard InChI is InChI=1S/C44H81NO3/c1-9-10-28-46-32-37(45(7)8)33-47-29-15-13-11-12-14-16-30-48-38-24-26-43(5)36(31-38)20-21-39-41-23-22-40(35(4)19-17-18-34(2)3)44(41,6)27-25-42(39)43/h20,34-35,37-42H,9-19,21-33H2,1-8H3. The molecule has 0 heterocycles. The Labute approximate surface area is 299 Å². The molecular weight excluding hydrogens is 590 g/mol. The van der Waals surface area contributed by atoms with Gasteiger partial charge in [-0.15, -0.1) is 0 Å². The number of allylic oxidation sites excluding steroid dienone is 1. The Morgan fingerprint density at radius 1 is 0.771 bits per heavy atom. The molecule has 4 aliphatic carbocycles. The first-order valence-corrected chi connectivity index (χ1v) is 21.2. The Balaban J connectivity index is 1.09. The van der Waals surface area contributed by atoms with Crippen LogP contribution in [0.5, 0.6) is 0 Å². The van der Waals surface area contributed by atoms with Crippen LogP contribution in [-0.2, 0) is 14.2 Å². The lowest BCUT2D eigenvalue weighted by atomic mass is 9.47. The van der Waals surface area contributed by atoms with Gasteiger partial charge in [0.25, 0.3) is 0 Å². The van der Waals surface area contributed by atoms with Crippen LogP contribution >= 0.6 is 0 Å². The predicted octanol–water partition coefficient (Wildman–Crippen LogP) is 11.5. The van der Waals surface area contributed by atoms with Crippen molar-refractivity contribution >= 4 is 0 Å². The summed E-state index contributed by atoms with van der Waals surface area (Å²) in [7, 11) is 4.25. The smallest absolute Gasteiger partial charge is 0.0644 e. The van der Waals surface area contributed by atoms with Crippen molar-refractivity contribution < 1.29 is 14.2 Å². The van der Waals surface area contributed by atoms with Gasteiger partial charge in [0.1, 0.15) is 0 Å². The van der Waals surface area contributed by atoms with E-state index in [1.54, 1.807) is 5.57 Å². The first kappa shape index (κ1) is 40.4. The van der Waals surface area contributed by atoms with E-state index in [1.165, 1.54) is 116 Å². The molecule has 9 unspecified atom stereocenters. The van der Waals surface area contributed by atoms with Crippen molar-refractivity contribution in [1.82, 2.24) is 4.90 Å². The lowest BCUT2D eigenvalue weighted by Gasteiger charge is -2.58. The van der Waals surface area contributed by atoms with Gasteiger partial charge in [0.05, 0.1) is 25.4 Å². The summed E-state index contributed by atoms with van der Waals surface area (Å²) in [5, 5.41) is 0. The molecule has 0 N–H and O–H groups in total. The Morgan fingerprint density at radius 2 is 1.46 bits per heavy atom. The summed E-state index contributed by atoms with van der Waals surface area (Å²) in [5.74, 6) is 5.51. The summed E-state index contributed by atoms with van der Waals surface area (Å²) in [5.41, 5.74) is 2.81. The van der Waals surface area contributed by atoms with Crippen LogP contribution < -0.4 is 0 Å². The quantitative estimate of drug-likeness (QED) is 0.0799. The molecule has 0 bridgehead atoms. The van der Waals surface area contributed by atoms with Gasteiger partial charge in [0.15, 0.2) is 0 Å². The number of unbranched alkanes of at least 4 members (excludes halogenated alkanes) is 6. The topological polar surface area (TPSA) is 30.9 Å². The molecule has 0 aliphatic heterocycles. The third-order valence-electron chi connectivity index (χ3n) is 14.3. The van der Waals surface area contributed by atoms with Gasteiger partial charge >= 0.3 is 0 Å². The molecule has 0 amide bonds. The number of hydrogen-bond acceptors (Lipinski definition) is 4. The number of ether oxygens (including phenoxy) is 3. The summed E-state index contributed by atoms with van der Waals surface area (Å²) in [6, 6.07) is 0.354. The summed E-state index contributed by atoms with van der Waals surface area (Å²) in [6.45, 7) is 19.2.